The van der Waals surface area contributed by atoms with Crippen LogP contribution in [-0.2, 0) is 14.1 Å². The molecule has 0 spiro atoms. The van der Waals surface area contributed by atoms with Crippen molar-refractivity contribution in [1.82, 2.24) is 0 Å². The van der Waals surface area contributed by atoms with Gasteiger partial charge in [0.15, 0.2) is 18.6 Å². The summed E-state index contributed by atoms with van der Waals surface area (Å²) < 4.78 is 4.34. The molecule has 0 radical (unpaired) electrons. The van der Waals surface area contributed by atoms with Crippen LogP contribution in [0.3, 0.4) is 0 Å². The van der Waals surface area contributed by atoms with Crippen molar-refractivity contribution in [2.45, 2.75) is 0 Å². The van der Waals surface area contributed by atoms with Gasteiger partial charge in [0.1, 0.15) is 19.5 Å². The van der Waals surface area contributed by atoms with Crippen LogP contribution < -0.4 is 9.13 Å². The van der Waals surface area contributed by atoms with Crippen molar-refractivity contribution >= 4 is 32.4 Å². The molecule has 4 aromatic rings. The summed E-state index contributed by atoms with van der Waals surface area (Å²) in [6.07, 6.45) is 6.59. The third-order valence-corrected chi connectivity index (χ3v) is 3.74. The number of aromatic nitrogens is 2. The average Bonchev–Trinajstić information content (AvgIpc) is 2.36. The number of pyridine rings is 2. The molecule has 2 heteroatoms. The minimum Gasteiger partial charge on any atom is -0.206 e. The fourth-order valence-electron chi connectivity index (χ4n) is 3.01. The maximum absolute atomic E-state index is 2.21. The molecule has 4 rings (SSSR count). The Morgan fingerprint density at radius 2 is 1.50 bits per heavy atom. The van der Waals surface area contributed by atoms with E-state index in [0.29, 0.717) is 0 Å². The summed E-state index contributed by atoms with van der Waals surface area (Å²) >= 11 is 0. The SMILES string of the molecule is C[n+]1cc2ccc3cccc4c3c2c(c1)c[n+]4C. The Labute approximate surface area is 105 Å². The standard InChI is InChI=1S/C16H14N2/c1-17-8-12-7-6-11-4-3-5-14-16(11)15(12)13(9-17)10-18(14)2/h3-10H,1-2H3/q+2. The van der Waals surface area contributed by atoms with E-state index >= 15 is 0 Å². The Balaban J connectivity index is 2.46. The fraction of sp³-hybridized carbons (Fsp3) is 0.125. The first kappa shape index (κ1) is 9.77. The Morgan fingerprint density at radius 1 is 0.722 bits per heavy atom. The molecule has 2 aromatic carbocycles. The lowest BCUT2D eigenvalue weighted by Crippen LogP contribution is -2.31. The summed E-state index contributed by atoms with van der Waals surface area (Å²) in [5.41, 5.74) is 1.29. The molecule has 0 bridgehead atoms. The Morgan fingerprint density at radius 3 is 2.39 bits per heavy atom. The highest BCUT2D eigenvalue weighted by molar-refractivity contribution is 6.20. The van der Waals surface area contributed by atoms with Crippen LogP contribution in [0.5, 0.6) is 0 Å². The first-order valence-electron chi connectivity index (χ1n) is 6.16. The van der Waals surface area contributed by atoms with Crippen LogP contribution in [0.2, 0.25) is 0 Å². The molecule has 18 heavy (non-hydrogen) atoms. The van der Waals surface area contributed by atoms with Crippen molar-refractivity contribution in [3.05, 3.63) is 48.9 Å². The molecule has 0 atom stereocenters. The van der Waals surface area contributed by atoms with Crippen LogP contribution in [0.4, 0.5) is 0 Å². The van der Waals surface area contributed by atoms with Gasteiger partial charge in [0.05, 0.1) is 5.39 Å². The Kier molecular flexibility index (Phi) is 1.72. The second-order valence-corrected chi connectivity index (χ2v) is 5.02. The minimum absolute atomic E-state index is 1.29. The zero-order valence-corrected chi connectivity index (χ0v) is 10.5. The van der Waals surface area contributed by atoms with Crippen molar-refractivity contribution in [2.75, 3.05) is 0 Å². The van der Waals surface area contributed by atoms with Gasteiger partial charge in [-0.1, -0.05) is 18.2 Å². The van der Waals surface area contributed by atoms with Gasteiger partial charge in [-0.2, -0.15) is 0 Å². The van der Waals surface area contributed by atoms with E-state index < -0.39 is 0 Å². The number of benzene rings is 2. The quantitative estimate of drug-likeness (QED) is 0.325. The molecule has 0 aliphatic carbocycles. The summed E-state index contributed by atoms with van der Waals surface area (Å²) in [5, 5.41) is 6.66. The molecule has 0 amide bonds. The van der Waals surface area contributed by atoms with Crippen LogP contribution in [-0.4, -0.2) is 0 Å². The molecular formula is C16H14N2+2. The van der Waals surface area contributed by atoms with Gasteiger partial charge >= 0.3 is 0 Å². The molecule has 0 aliphatic rings. The van der Waals surface area contributed by atoms with E-state index in [4.69, 9.17) is 0 Å². The van der Waals surface area contributed by atoms with E-state index in [9.17, 15) is 0 Å². The normalized spacial score (nSPS) is 11.9. The lowest BCUT2D eigenvalue weighted by atomic mass is 9.99. The lowest BCUT2D eigenvalue weighted by molar-refractivity contribution is -0.670. The third kappa shape index (κ3) is 1.12. The predicted molar refractivity (Wildman–Crippen MR) is 72.5 cm³/mol. The maximum Gasteiger partial charge on any atom is 0.213 e. The molecule has 0 aliphatic heterocycles. The van der Waals surface area contributed by atoms with Crippen LogP contribution in [0.1, 0.15) is 0 Å². The van der Waals surface area contributed by atoms with Gasteiger partial charge < -0.3 is 0 Å². The van der Waals surface area contributed by atoms with Gasteiger partial charge in [0, 0.05) is 16.8 Å². The van der Waals surface area contributed by atoms with Gasteiger partial charge in [-0.25, -0.2) is 9.13 Å². The molecule has 2 nitrogen and oxygen atoms in total. The molecule has 0 N–H and O–H groups in total. The lowest BCUT2D eigenvalue weighted by Gasteiger charge is -2.07. The van der Waals surface area contributed by atoms with E-state index in [1.54, 1.807) is 0 Å². The highest BCUT2D eigenvalue weighted by Crippen LogP contribution is 2.30. The second kappa shape index (κ2) is 3.16. The van der Waals surface area contributed by atoms with Crippen LogP contribution in [0.15, 0.2) is 48.9 Å². The number of aryl methyl sites for hydroxylation is 2. The molecule has 0 saturated carbocycles. The van der Waals surface area contributed by atoms with Gasteiger partial charge in [-0.3, -0.25) is 0 Å². The minimum atomic E-state index is 1.29. The monoisotopic (exact) mass is 234 g/mol. The van der Waals surface area contributed by atoms with Crippen molar-refractivity contribution < 1.29 is 9.13 Å². The van der Waals surface area contributed by atoms with Gasteiger partial charge in [0.2, 0.25) is 5.52 Å². The molecule has 2 heterocycles. The number of hydrogen-bond acceptors (Lipinski definition) is 0. The zero-order valence-electron chi connectivity index (χ0n) is 10.5. The predicted octanol–water partition coefficient (Wildman–Crippen LogP) is 2.23. The highest BCUT2D eigenvalue weighted by Gasteiger charge is 2.17. The average molecular weight is 234 g/mol. The summed E-state index contributed by atoms with van der Waals surface area (Å²) in [7, 11) is 4.19. The Hall–Kier alpha value is -2.22. The van der Waals surface area contributed by atoms with Crippen LogP contribution in [0.25, 0.3) is 32.4 Å². The maximum atomic E-state index is 2.21. The van der Waals surface area contributed by atoms with Gasteiger partial charge in [-0.15, -0.1) is 0 Å². The zero-order chi connectivity index (χ0) is 12.3. The highest BCUT2D eigenvalue weighted by atomic mass is 14.9. The molecule has 0 unspecified atom stereocenters. The second-order valence-electron chi connectivity index (χ2n) is 5.02. The van der Waals surface area contributed by atoms with E-state index in [-0.39, 0.29) is 0 Å². The number of hydrogen-bond donors (Lipinski definition) is 0. The van der Waals surface area contributed by atoms with Crippen LogP contribution >= 0.6 is 0 Å². The molecule has 0 fully saturated rings. The summed E-state index contributed by atoms with van der Waals surface area (Å²) in [6, 6.07) is 10.9. The summed E-state index contributed by atoms with van der Waals surface area (Å²) in [6.45, 7) is 0. The van der Waals surface area contributed by atoms with Gasteiger partial charge in [0.25, 0.3) is 0 Å². The van der Waals surface area contributed by atoms with Gasteiger partial charge in [-0.05, 0) is 11.5 Å². The number of nitrogens with zero attached hydrogens (tertiary/aromatic N) is 2. The van der Waals surface area contributed by atoms with Crippen LogP contribution in [0, 0.1) is 0 Å². The molecule has 2 aromatic heterocycles. The van der Waals surface area contributed by atoms with Crippen molar-refractivity contribution in [2.24, 2.45) is 14.1 Å². The molecule has 0 saturated heterocycles. The topological polar surface area (TPSA) is 7.76 Å². The summed E-state index contributed by atoms with van der Waals surface area (Å²) in [5.74, 6) is 0. The first-order valence-corrected chi connectivity index (χ1v) is 6.16. The van der Waals surface area contributed by atoms with E-state index in [0.717, 1.165) is 0 Å². The largest absolute Gasteiger partial charge is 0.213 e. The summed E-state index contributed by atoms with van der Waals surface area (Å²) in [4.78, 5) is 0. The van der Waals surface area contributed by atoms with E-state index in [2.05, 4.69) is 72.2 Å². The molecular weight excluding hydrogens is 220 g/mol. The Bertz CT molecular complexity index is 894. The van der Waals surface area contributed by atoms with E-state index in [1.807, 2.05) is 0 Å². The van der Waals surface area contributed by atoms with E-state index in [1.165, 1.54) is 32.4 Å². The first-order chi connectivity index (χ1) is 8.74. The third-order valence-electron chi connectivity index (χ3n) is 3.74. The number of rotatable bonds is 0. The fourth-order valence-corrected chi connectivity index (χ4v) is 3.01. The smallest absolute Gasteiger partial charge is 0.206 e. The van der Waals surface area contributed by atoms with Crippen molar-refractivity contribution in [1.29, 1.82) is 0 Å². The molecule has 86 valence electrons. The van der Waals surface area contributed by atoms with Crippen molar-refractivity contribution in [3.8, 4) is 0 Å². The van der Waals surface area contributed by atoms with Crippen molar-refractivity contribution in [3.63, 3.8) is 0 Å².